The van der Waals surface area contributed by atoms with E-state index >= 15 is 0 Å². The van der Waals surface area contributed by atoms with Crippen LogP contribution in [0.15, 0.2) is 54.6 Å². The van der Waals surface area contributed by atoms with E-state index in [0.29, 0.717) is 11.0 Å². The third-order valence-electron chi connectivity index (χ3n) is 4.42. The maximum Gasteiger partial charge on any atom is 0.138 e. The van der Waals surface area contributed by atoms with Crippen LogP contribution in [0.5, 0.6) is 5.75 Å². The Morgan fingerprint density at radius 2 is 1.50 bits per heavy atom. The first-order valence-electron chi connectivity index (χ1n) is 7.54. The number of benzene rings is 2. The van der Waals surface area contributed by atoms with E-state index in [0.717, 1.165) is 32.7 Å². The Morgan fingerprint density at radius 1 is 0.875 bits per heavy atom. The average Bonchev–Trinajstić information content (AvgIpc) is 2.85. The van der Waals surface area contributed by atoms with Crippen LogP contribution in [-0.4, -0.2) is 7.11 Å². The van der Waals surface area contributed by atoms with E-state index in [2.05, 4.69) is 6.07 Å². The second-order valence-electron chi connectivity index (χ2n) is 5.57. The van der Waals surface area contributed by atoms with Gasteiger partial charge in [0.05, 0.1) is 7.11 Å². The summed E-state index contributed by atoms with van der Waals surface area (Å²) in [4.78, 5) is 0. The zero-order valence-electron chi connectivity index (χ0n) is 13.0. The van der Waals surface area contributed by atoms with Gasteiger partial charge < -0.3 is 4.74 Å². The van der Waals surface area contributed by atoms with E-state index in [1.807, 2.05) is 60.7 Å². The number of hydrogen-bond acceptors (Lipinski definition) is 3. The number of hydrogen-bond donors (Lipinski definition) is 0. The van der Waals surface area contributed by atoms with E-state index in [1.54, 1.807) is 7.11 Å². The zero-order valence-corrected chi connectivity index (χ0v) is 13.0. The highest BCUT2D eigenvalue weighted by Gasteiger charge is 2.20. The van der Waals surface area contributed by atoms with E-state index < -0.39 is 0 Å². The molecule has 3 heteroatoms. The molecule has 4 rings (SSSR count). The van der Waals surface area contributed by atoms with Gasteiger partial charge in [-0.15, -0.1) is 0 Å². The molecule has 2 aromatic carbocycles. The fraction of sp³-hybridized carbons (Fsp3) is 0.0476. The summed E-state index contributed by atoms with van der Waals surface area (Å²) in [5.74, 6) is 0.685. The van der Waals surface area contributed by atoms with Crippen molar-refractivity contribution in [3.63, 3.8) is 0 Å². The van der Waals surface area contributed by atoms with Gasteiger partial charge in [0.2, 0.25) is 0 Å². The Balaban J connectivity index is 2.50. The number of fused-ring (bicyclic) bond motifs is 2. The number of nitrogens with zero attached hydrogens (tertiary/aromatic N) is 2. The molecule has 0 N–H and O–H groups in total. The minimum absolute atomic E-state index is 0.102. The Hall–Kier alpha value is -3.56. The molecule has 2 aromatic rings. The van der Waals surface area contributed by atoms with Crippen LogP contribution in [0.25, 0.3) is 38.2 Å². The largest absolute Gasteiger partial charge is 0.496 e. The topological polar surface area (TPSA) is 56.8 Å². The molecule has 0 heterocycles. The average molecular weight is 308 g/mol. The van der Waals surface area contributed by atoms with Crippen LogP contribution in [0.2, 0.25) is 0 Å². The summed E-state index contributed by atoms with van der Waals surface area (Å²) in [5.41, 5.74) is 2.16. The molecule has 2 aliphatic rings. The van der Waals surface area contributed by atoms with Crippen LogP contribution in [0, 0.1) is 22.7 Å². The van der Waals surface area contributed by atoms with Crippen LogP contribution in [0.4, 0.5) is 0 Å². The maximum absolute atomic E-state index is 9.49. The van der Waals surface area contributed by atoms with Gasteiger partial charge in [-0.25, -0.2) is 0 Å². The van der Waals surface area contributed by atoms with E-state index in [-0.39, 0.29) is 5.57 Å². The molecule has 0 saturated carbocycles. The Kier molecular flexibility index (Phi) is 3.08. The van der Waals surface area contributed by atoms with Crippen molar-refractivity contribution in [2.75, 3.05) is 7.11 Å². The molecule has 0 spiro atoms. The lowest BCUT2D eigenvalue weighted by atomic mass is 9.94. The van der Waals surface area contributed by atoms with Crippen LogP contribution < -0.4 is 9.96 Å². The van der Waals surface area contributed by atoms with Gasteiger partial charge in [-0.3, -0.25) is 0 Å². The Morgan fingerprint density at radius 3 is 2.17 bits per heavy atom. The molecule has 0 radical (unpaired) electrons. The first kappa shape index (κ1) is 14.1. The van der Waals surface area contributed by atoms with Gasteiger partial charge in [-0.2, -0.15) is 10.5 Å². The molecule has 0 amide bonds. The number of rotatable bonds is 1. The van der Waals surface area contributed by atoms with Gasteiger partial charge in [0, 0.05) is 16.2 Å². The van der Waals surface area contributed by atoms with Gasteiger partial charge in [0.1, 0.15) is 23.5 Å². The lowest BCUT2D eigenvalue weighted by molar-refractivity contribution is 0.420. The SMILES string of the molecule is COc1cc2ccccc3c-2c1c(=C(C#N)C#N)c1ccccc31. The molecule has 0 atom stereocenters. The second-order valence-corrected chi connectivity index (χ2v) is 5.57. The number of methoxy groups -OCH3 is 1. The summed E-state index contributed by atoms with van der Waals surface area (Å²) < 4.78 is 5.57. The predicted molar refractivity (Wildman–Crippen MR) is 94.5 cm³/mol. The summed E-state index contributed by atoms with van der Waals surface area (Å²) in [6.07, 6.45) is 0. The third-order valence-corrected chi connectivity index (χ3v) is 4.42. The Bertz CT molecular complexity index is 1190. The van der Waals surface area contributed by atoms with Crippen LogP contribution in [-0.2, 0) is 0 Å². The van der Waals surface area contributed by atoms with Gasteiger partial charge >= 0.3 is 0 Å². The fourth-order valence-electron chi connectivity index (χ4n) is 3.47. The first-order chi connectivity index (χ1) is 11.8. The lowest BCUT2D eigenvalue weighted by Gasteiger charge is -2.09. The van der Waals surface area contributed by atoms with E-state index in [1.165, 1.54) is 0 Å². The molecular formula is C21H12N2O. The highest BCUT2D eigenvalue weighted by molar-refractivity contribution is 6.17. The minimum Gasteiger partial charge on any atom is -0.496 e. The van der Waals surface area contributed by atoms with Gasteiger partial charge in [-0.05, 0) is 27.8 Å². The molecule has 0 saturated heterocycles. The maximum atomic E-state index is 9.49. The fourth-order valence-corrected chi connectivity index (χ4v) is 3.47. The molecule has 112 valence electrons. The summed E-state index contributed by atoms with van der Waals surface area (Å²) in [7, 11) is 1.61. The van der Waals surface area contributed by atoms with Crippen molar-refractivity contribution in [1.82, 2.24) is 0 Å². The summed E-state index contributed by atoms with van der Waals surface area (Å²) >= 11 is 0. The Labute approximate surface area is 138 Å². The van der Waals surface area contributed by atoms with E-state index in [9.17, 15) is 10.5 Å². The highest BCUT2D eigenvalue weighted by atomic mass is 16.5. The summed E-state index contributed by atoms with van der Waals surface area (Å²) in [5, 5.41) is 23.5. The lowest BCUT2D eigenvalue weighted by Crippen LogP contribution is -2.09. The van der Waals surface area contributed by atoms with Gasteiger partial charge in [0.25, 0.3) is 0 Å². The van der Waals surface area contributed by atoms with Gasteiger partial charge in [-0.1, -0.05) is 48.5 Å². The van der Waals surface area contributed by atoms with Crippen molar-refractivity contribution in [2.24, 2.45) is 0 Å². The summed E-state index contributed by atoms with van der Waals surface area (Å²) in [6, 6.07) is 22.0. The normalized spacial score (nSPS) is 10.6. The van der Waals surface area contributed by atoms with Crippen molar-refractivity contribution in [3.8, 4) is 29.0 Å². The zero-order chi connectivity index (χ0) is 16.7. The van der Waals surface area contributed by atoms with Crippen molar-refractivity contribution in [1.29, 1.82) is 10.5 Å². The van der Waals surface area contributed by atoms with Crippen LogP contribution in [0.3, 0.4) is 0 Å². The first-order valence-corrected chi connectivity index (χ1v) is 7.54. The number of nitriles is 2. The summed E-state index contributed by atoms with van der Waals surface area (Å²) in [6.45, 7) is 0. The van der Waals surface area contributed by atoms with E-state index in [4.69, 9.17) is 4.74 Å². The van der Waals surface area contributed by atoms with Crippen molar-refractivity contribution < 1.29 is 4.74 Å². The van der Waals surface area contributed by atoms with Gasteiger partial charge in [0.15, 0.2) is 0 Å². The quantitative estimate of drug-likeness (QED) is 0.533. The molecule has 0 unspecified atom stereocenters. The predicted octanol–water partition coefficient (Wildman–Crippen LogP) is 4.02. The molecule has 0 aromatic heterocycles. The van der Waals surface area contributed by atoms with Crippen molar-refractivity contribution in [3.05, 3.63) is 59.8 Å². The third kappa shape index (κ3) is 1.76. The highest BCUT2D eigenvalue weighted by Crippen LogP contribution is 2.42. The smallest absolute Gasteiger partial charge is 0.138 e. The molecule has 0 fully saturated rings. The molecule has 2 aliphatic carbocycles. The standard InChI is InChI=1S/C21H12N2O/c1-24-18-10-13-6-2-3-8-16-15-7-4-5-9-17(15)20(14(11-22)12-23)21(18)19(13)16/h2-10H,1H3. The van der Waals surface area contributed by atoms with Crippen LogP contribution in [0.1, 0.15) is 0 Å². The molecular weight excluding hydrogens is 296 g/mol. The number of ether oxygens (including phenoxy) is 1. The monoisotopic (exact) mass is 308 g/mol. The molecule has 0 aliphatic heterocycles. The second kappa shape index (κ2) is 5.26. The molecule has 3 nitrogen and oxygen atoms in total. The minimum atomic E-state index is 0.102. The van der Waals surface area contributed by atoms with Crippen LogP contribution >= 0.6 is 0 Å². The van der Waals surface area contributed by atoms with Crippen molar-refractivity contribution in [2.45, 2.75) is 0 Å². The molecule has 24 heavy (non-hydrogen) atoms. The van der Waals surface area contributed by atoms with Crippen molar-refractivity contribution >= 4 is 27.1 Å². The molecule has 0 bridgehead atoms.